The maximum atomic E-state index is 12.2. The lowest BCUT2D eigenvalue weighted by molar-refractivity contribution is -0.120. The Hall–Kier alpha value is -1.78. The number of hydrogen-bond acceptors (Lipinski definition) is 6. The SMILES string of the molecule is CNS(=O)(=O)c1ccc(CNC(=O)Cc2csc(-c3ccccc3Cl)n2)s1. The Kier molecular flexibility index (Phi) is 6.28. The van der Waals surface area contributed by atoms with Crippen LogP contribution in [-0.2, 0) is 27.8 Å². The molecule has 0 aliphatic carbocycles. The van der Waals surface area contributed by atoms with Crippen LogP contribution >= 0.6 is 34.3 Å². The summed E-state index contributed by atoms with van der Waals surface area (Å²) in [7, 11) is -2.09. The number of rotatable bonds is 7. The van der Waals surface area contributed by atoms with E-state index in [9.17, 15) is 13.2 Å². The zero-order valence-corrected chi connectivity index (χ0v) is 17.4. The molecular weight excluding hydrogens is 426 g/mol. The number of thiophene rings is 1. The van der Waals surface area contributed by atoms with Gasteiger partial charge in [-0.15, -0.1) is 22.7 Å². The predicted molar refractivity (Wildman–Crippen MR) is 109 cm³/mol. The van der Waals surface area contributed by atoms with Crippen molar-refractivity contribution in [3.05, 3.63) is 57.4 Å². The standard InChI is InChI=1S/C17H16ClN3O3S3/c1-19-27(23,24)16-7-6-12(26-16)9-20-15(22)8-11-10-25-17(21-11)13-4-2-3-5-14(13)18/h2-7,10,19H,8-9H2,1H3,(H,20,22). The molecule has 1 aromatic carbocycles. The van der Waals surface area contributed by atoms with E-state index in [-0.39, 0.29) is 23.1 Å². The Morgan fingerprint density at radius 3 is 2.74 bits per heavy atom. The lowest BCUT2D eigenvalue weighted by Gasteiger charge is -2.02. The maximum Gasteiger partial charge on any atom is 0.249 e. The Morgan fingerprint density at radius 2 is 2.00 bits per heavy atom. The molecule has 6 nitrogen and oxygen atoms in total. The van der Waals surface area contributed by atoms with Gasteiger partial charge in [-0.05, 0) is 25.2 Å². The van der Waals surface area contributed by atoms with Crippen molar-refractivity contribution in [2.75, 3.05) is 7.05 Å². The van der Waals surface area contributed by atoms with E-state index in [1.54, 1.807) is 12.1 Å². The van der Waals surface area contributed by atoms with Crippen molar-refractivity contribution < 1.29 is 13.2 Å². The Morgan fingerprint density at radius 1 is 1.22 bits per heavy atom. The molecule has 0 aliphatic rings. The summed E-state index contributed by atoms with van der Waals surface area (Å²) in [4.78, 5) is 17.4. The number of nitrogens with zero attached hydrogens (tertiary/aromatic N) is 1. The lowest BCUT2D eigenvalue weighted by Crippen LogP contribution is -2.24. The highest BCUT2D eigenvalue weighted by Gasteiger charge is 2.15. The molecule has 0 spiro atoms. The molecule has 27 heavy (non-hydrogen) atoms. The van der Waals surface area contributed by atoms with Gasteiger partial charge in [-0.1, -0.05) is 29.8 Å². The van der Waals surface area contributed by atoms with Crippen LogP contribution in [0.4, 0.5) is 0 Å². The van der Waals surface area contributed by atoms with Crippen LogP contribution < -0.4 is 10.0 Å². The van der Waals surface area contributed by atoms with E-state index >= 15 is 0 Å². The summed E-state index contributed by atoms with van der Waals surface area (Å²) in [6, 6.07) is 10.6. The smallest absolute Gasteiger partial charge is 0.249 e. The molecule has 1 amide bonds. The fourth-order valence-corrected chi connectivity index (χ4v) is 5.53. The number of halogens is 1. The first-order valence-electron chi connectivity index (χ1n) is 7.87. The van der Waals surface area contributed by atoms with Crippen molar-refractivity contribution in [3.63, 3.8) is 0 Å². The fraction of sp³-hybridized carbons (Fsp3) is 0.176. The highest BCUT2D eigenvalue weighted by Crippen LogP contribution is 2.30. The van der Waals surface area contributed by atoms with Crippen molar-refractivity contribution in [1.82, 2.24) is 15.0 Å². The predicted octanol–water partition coefficient (Wildman–Crippen LogP) is 3.29. The second kappa shape index (κ2) is 8.49. The van der Waals surface area contributed by atoms with Crippen molar-refractivity contribution in [3.8, 4) is 10.6 Å². The van der Waals surface area contributed by atoms with Gasteiger partial charge >= 0.3 is 0 Å². The van der Waals surface area contributed by atoms with E-state index < -0.39 is 10.0 Å². The average molecular weight is 442 g/mol. The molecular formula is C17H16ClN3O3S3. The molecule has 142 valence electrons. The number of aromatic nitrogens is 1. The minimum absolute atomic E-state index is 0.147. The van der Waals surface area contributed by atoms with E-state index in [1.165, 1.54) is 24.5 Å². The van der Waals surface area contributed by atoms with Crippen LogP contribution in [0.25, 0.3) is 10.6 Å². The molecule has 0 atom stereocenters. The molecule has 0 unspecified atom stereocenters. The zero-order chi connectivity index (χ0) is 19.4. The second-order valence-electron chi connectivity index (χ2n) is 5.51. The van der Waals surface area contributed by atoms with Crippen LogP contribution in [-0.4, -0.2) is 26.4 Å². The summed E-state index contributed by atoms with van der Waals surface area (Å²) in [6.07, 6.45) is 0.147. The van der Waals surface area contributed by atoms with Crippen LogP contribution in [0.2, 0.25) is 5.02 Å². The maximum absolute atomic E-state index is 12.2. The minimum atomic E-state index is -3.46. The van der Waals surface area contributed by atoms with Gasteiger partial charge in [0.05, 0.1) is 23.7 Å². The van der Waals surface area contributed by atoms with Crippen molar-refractivity contribution >= 4 is 50.2 Å². The second-order valence-corrected chi connectivity index (χ2v) is 10.1. The summed E-state index contributed by atoms with van der Waals surface area (Å²) >= 11 is 8.73. The van der Waals surface area contributed by atoms with Gasteiger partial charge in [0.25, 0.3) is 0 Å². The Balaban J connectivity index is 1.58. The van der Waals surface area contributed by atoms with Crippen molar-refractivity contribution in [1.29, 1.82) is 0 Å². The number of carbonyl (C=O) groups is 1. The summed E-state index contributed by atoms with van der Waals surface area (Å²) in [6.45, 7) is 0.268. The molecule has 10 heteroatoms. The number of benzene rings is 1. The normalized spacial score (nSPS) is 11.5. The first kappa shape index (κ1) is 20.0. The molecule has 0 radical (unpaired) electrons. The Labute approximate surface area is 170 Å². The van der Waals surface area contributed by atoms with Gasteiger partial charge in [-0.2, -0.15) is 0 Å². The van der Waals surface area contributed by atoms with Gasteiger partial charge < -0.3 is 5.32 Å². The quantitative estimate of drug-likeness (QED) is 0.588. The van der Waals surface area contributed by atoms with Crippen LogP contribution in [0, 0.1) is 0 Å². The van der Waals surface area contributed by atoms with E-state index in [2.05, 4.69) is 15.0 Å². The van der Waals surface area contributed by atoms with Crippen LogP contribution in [0.3, 0.4) is 0 Å². The molecule has 2 N–H and O–H groups in total. The number of carbonyl (C=O) groups excluding carboxylic acids is 1. The van der Waals surface area contributed by atoms with E-state index in [0.717, 1.165) is 26.8 Å². The molecule has 0 aliphatic heterocycles. The first-order valence-corrected chi connectivity index (χ1v) is 11.4. The number of thiazole rings is 1. The molecule has 3 rings (SSSR count). The van der Waals surface area contributed by atoms with Gasteiger partial charge in [0.2, 0.25) is 15.9 Å². The lowest BCUT2D eigenvalue weighted by atomic mass is 10.2. The summed E-state index contributed by atoms with van der Waals surface area (Å²) in [5.41, 5.74) is 1.50. The number of nitrogens with one attached hydrogen (secondary N) is 2. The zero-order valence-electron chi connectivity index (χ0n) is 14.2. The molecule has 0 bridgehead atoms. The third kappa shape index (κ3) is 4.94. The van der Waals surface area contributed by atoms with E-state index in [0.29, 0.717) is 10.7 Å². The number of hydrogen-bond donors (Lipinski definition) is 2. The van der Waals surface area contributed by atoms with Crippen LogP contribution in [0.1, 0.15) is 10.6 Å². The van der Waals surface area contributed by atoms with Crippen molar-refractivity contribution in [2.24, 2.45) is 0 Å². The topological polar surface area (TPSA) is 88.2 Å². The molecule has 2 heterocycles. The third-order valence-corrected chi connectivity index (χ3v) is 7.87. The summed E-state index contributed by atoms with van der Waals surface area (Å²) in [5, 5.41) is 6.01. The van der Waals surface area contributed by atoms with Gasteiger partial charge in [0, 0.05) is 15.8 Å². The monoisotopic (exact) mass is 441 g/mol. The van der Waals surface area contributed by atoms with Gasteiger partial charge in [0.15, 0.2) is 0 Å². The van der Waals surface area contributed by atoms with Gasteiger partial charge in [-0.3, -0.25) is 4.79 Å². The van der Waals surface area contributed by atoms with Crippen LogP contribution in [0.5, 0.6) is 0 Å². The van der Waals surface area contributed by atoms with Gasteiger partial charge in [0.1, 0.15) is 9.22 Å². The largest absolute Gasteiger partial charge is 0.351 e. The average Bonchev–Trinajstić information content (AvgIpc) is 3.30. The van der Waals surface area contributed by atoms with Gasteiger partial charge in [-0.25, -0.2) is 18.1 Å². The molecule has 2 aromatic heterocycles. The first-order chi connectivity index (χ1) is 12.9. The third-order valence-electron chi connectivity index (χ3n) is 3.63. The molecule has 0 saturated carbocycles. The summed E-state index contributed by atoms with van der Waals surface area (Å²) in [5.74, 6) is -0.183. The molecule has 0 fully saturated rings. The molecule has 0 saturated heterocycles. The van der Waals surface area contributed by atoms with E-state index in [4.69, 9.17) is 11.6 Å². The molecule has 3 aromatic rings. The van der Waals surface area contributed by atoms with Crippen molar-refractivity contribution in [2.45, 2.75) is 17.2 Å². The van der Waals surface area contributed by atoms with E-state index in [1.807, 2.05) is 23.6 Å². The minimum Gasteiger partial charge on any atom is -0.351 e. The number of amides is 1. The highest BCUT2D eigenvalue weighted by molar-refractivity contribution is 7.91. The van der Waals surface area contributed by atoms with Crippen LogP contribution in [0.15, 0.2) is 46.0 Å². The fourth-order valence-electron chi connectivity index (χ4n) is 2.26. The highest BCUT2D eigenvalue weighted by atomic mass is 35.5. The Bertz CT molecular complexity index is 1060. The number of sulfonamides is 1. The summed E-state index contributed by atoms with van der Waals surface area (Å²) < 4.78 is 26.0.